The summed E-state index contributed by atoms with van der Waals surface area (Å²) in [6.45, 7) is 0. The summed E-state index contributed by atoms with van der Waals surface area (Å²) in [5, 5.41) is 31.2. The molecule has 0 saturated carbocycles. The molecule has 0 bridgehead atoms. The van der Waals surface area contributed by atoms with E-state index in [1.54, 1.807) is 0 Å². The number of para-hydroxylation sites is 3. The van der Waals surface area contributed by atoms with Gasteiger partial charge in [0.25, 0.3) is 0 Å². The summed E-state index contributed by atoms with van der Waals surface area (Å²) >= 11 is 5.64. The van der Waals surface area contributed by atoms with Crippen molar-refractivity contribution in [2.45, 2.75) is 0 Å². The van der Waals surface area contributed by atoms with E-state index in [9.17, 15) is 0 Å². The summed E-state index contributed by atoms with van der Waals surface area (Å²) < 4.78 is 20.3. The van der Waals surface area contributed by atoms with E-state index in [1.807, 2.05) is 34.0 Å². The fourth-order valence-corrected chi connectivity index (χ4v) is 28.6. The van der Waals surface area contributed by atoms with E-state index in [0.717, 1.165) is 143 Å². The Morgan fingerprint density at radius 1 is 0.179 bits per heavy atom. The molecule has 0 aliphatic heterocycles. The zero-order valence-electron chi connectivity index (χ0n) is 74.4. The van der Waals surface area contributed by atoms with Crippen LogP contribution in [0.3, 0.4) is 0 Å². The Morgan fingerprint density at radius 2 is 0.643 bits per heavy atom. The number of hydrogen-bond donors (Lipinski definition) is 0. The molecule has 22 aromatic carbocycles. The first-order chi connectivity index (χ1) is 69.4. The predicted octanol–water partition coefficient (Wildman–Crippen LogP) is 35.5. The molecule has 0 aliphatic carbocycles. The second-order valence-corrected chi connectivity index (χ2v) is 41.3. The van der Waals surface area contributed by atoms with Crippen molar-refractivity contribution in [1.29, 1.82) is 0 Å². The summed E-state index contributed by atoms with van der Waals surface area (Å²) in [6.07, 6.45) is 0. The van der Waals surface area contributed by atoms with Crippen molar-refractivity contribution in [2.75, 3.05) is 0 Å². The Hall–Kier alpha value is -17.8. The van der Waals surface area contributed by atoms with Gasteiger partial charge >= 0.3 is 0 Å². The maximum Gasteiger partial charge on any atom is 0.161 e. The van der Waals surface area contributed by atoms with Gasteiger partial charge in [-0.1, -0.05) is 255 Å². The first-order valence-corrected chi connectivity index (χ1v) is 50.2. The Balaban J connectivity index is 0.480. The molecule has 0 amide bonds. The third-order valence-electron chi connectivity index (χ3n) is 31.1. The van der Waals surface area contributed by atoms with Gasteiger partial charge in [-0.15, -0.1) is 34.0 Å². The monoisotopic (exact) mass is 1830 g/mol. The highest BCUT2D eigenvalue weighted by atomic mass is 32.1. The molecule has 12 heteroatoms. The summed E-state index contributed by atoms with van der Waals surface area (Å²) in [4.78, 5) is 22.9. The highest BCUT2D eigenvalue weighted by molar-refractivity contribution is 7.27. The minimum absolute atomic E-state index is 0.670. The van der Waals surface area contributed by atoms with Crippen molar-refractivity contribution in [3.8, 4) is 84.6 Å². The molecule has 34 aromatic rings. The van der Waals surface area contributed by atoms with Crippen LogP contribution in [0.25, 0.3) is 330 Å². The van der Waals surface area contributed by atoms with Crippen molar-refractivity contribution in [3.63, 3.8) is 0 Å². The van der Waals surface area contributed by atoms with Crippen molar-refractivity contribution >= 4 is 279 Å². The molecule has 12 aromatic heterocycles. The normalized spacial score (nSPS) is 12.7. The van der Waals surface area contributed by atoms with Gasteiger partial charge in [0.2, 0.25) is 0 Å². The number of benzene rings is 22. The summed E-state index contributed by atoms with van der Waals surface area (Å²) in [6, 6.07) is 152. The van der Waals surface area contributed by atoms with Crippen LogP contribution >= 0.6 is 34.0 Å². The zero-order valence-corrected chi connectivity index (χ0v) is 76.9. The first kappa shape index (κ1) is 74.5. The van der Waals surface area contributed by atoms with Crippen LogP contribution in [0.2, 0.25) is 0 Å². The van der Waals surface area contributed by atoms with Crippen LogP contribution in [-0.2, 0) is 0 Å². The van der Waals surface area contributed by atoms with Crippen LogP contribution < -0.4 is 0 Å². The Bertz CT molecular complexity index is 11500. The zero-order chi connectivity index (χ0) is 90.4. The van der Waals surface area contributed by atoms with E-state index in [4.69, 9.17) is 19.9 Å². The van der Waals surface area contributed by atoms with Crippen LogP contribution in [0.15, 0.2) is 406 Å². The van der Waals surface area contributed by atoms with Gasteiger partial charge in [-0.3, -0.25) is 0 Å². The van der Waals surface area contributed by atoms with Gasteiger partial charge < -0.3 is 22.5 Å². The second-order valence-electron chi connectivity index (χ2n) is 38.0. The molecular weight excluding hydrogens is 1760 g/mol. The van der Waals surface area contributed by atoms with Crippen LogP contribution in [0.1, 0.15) is 0 Å². The van der Waals surface area contributed by atoms with E-state index in [-0.39, 0.29) is 0 Å². The van der Waals surface area contributed by atoms with Crippen LogP contribution in [0, 0.1) is 0 Å². The number of thiophene rings is 3. The maximum absolute atomic E-state index is 5.83. The molecule has 9 nitrogen and oxygen atoms in total. The topological polar surface area (TPSA) is 75.2 Å². The van der Waals surface area contributed by atoms with Crippen molar-refractivity contribution in [3.05, 3.63) is 406 Å². The lowest BCUT2D eigenvalue weighted by atomic mass is 9.97. The van der Waals surface area contributed by atoms with Gasteiger partial charge in [-0.05, 0) is 195 Å². The molecule has 0 N–H and O–H groups in total. The fourth-order valence-electron chi connectivity index (χ4n) is 25.2. The summed E-state index contributed by atoms with van der Waals surface area (Å²) in [7, 11) is 0. The number of aromatic nitrogens is 9. The molecule has 0 spiro atoms. The third-order valence-corrected chi connectivity index (χ3v) is 34.4. The van der Waals surface area contributed by atoms with E-state index in [0.29, 0.717) is 11.6 Å². The molecule has 0 aliphatic rings. The van der Waals surface area contributed by atoms with Gasteiger partial charge in [0.15, 0.2) is 11.6 Å². The SMILES string of the molecule is c1ccc2c(-n3c4ccc5sc6cccc7c6c5c4c4c3ccc3c5ccccc5n7c34)cc(-c3nc(-c4ccc5c(c4)c4ccccc4n5-c4ccc(-c5ccc(-c6cc7sc8ccc9c%10c8c7c(c6)n6c7ccccc7c7ccc(c%10c76)n9-c6ccc(-c7nc(-c8cccc9sc%10ccccc%10c89)c8ccc9ccccc9c8n7)c7ccccc67)cc5)cc4)c4ccc5ccccc5c4n3)cc2c1. The minimum atomic E-state index is 0.670. The molecule has 0 unspecified atom stereocenters. The lowest BCUT2D eigenvalue weighted by molar-refractivity contribution is 1.18. The van der Waals surface area contributed by atoms with Crippen LogP contribution in [0.4, 0.5) is 0 Å². The van der Waals surface area contributed by atoms with Crippen molar-refractivity contribution in [1.82, 2.24) is 42.4 Å². The maximum atomic E-state index is 5.83. The lowest BCUT2D eigenvalue weighted by Gasteiger charge is -2.16. The van der Waals surface area contributed by atoms with E-state index in [1.165, 1.54) is 175 Å². The number of fused-ring (bicyclic) bond motifs is 22. The molecule has 34 rings (SSSR count). The standard InChI is InChI=1S/C128H67N9S3/c1-5-23-79-71(19-1)45-50-91-121(129-127(130-122(79)91)76-63-73-21-3-4-22-78(73)104(66-76)135-101-60-61-109-119-113-99(35-18-38-108(113)139-109)136-95-33-14-9-27-83(95)86-53-58-103(135)118(116(101)119)125(86)136)74-47-55-98-93(64-74)85-29-11-13-32-94(85)133(98)77-48-43-69(44-49-77)68-39-41-70(42-40-68)75-65-105-114-111(67-75)140-110-62-59-100-115(120(110)114)117-102(57-52-87-84-28-10-15-34-96(84)137(105)126(87)117)134(100)97-56-54-88(81-25-7-8-26-82(81)97)128-131-123-80-24-6-2-20-72(80)46-51-92(123)124(132-128)90-31-17-37-107-112(90)89-30-12-16-36-106(89)138-107/h1-67H. The largest absolute Gasteiger partial charge is 0.309 e. The van der Waals surface area contributed by atoms with Gasteiger partial charge in [0, 0.05) is 175 Å². The van der Waals surface area contributed by atoms with Crippen LogP contribution in [-0.4, -0.2) is 42.4 Å². The minimum Gasteiger partial charge on any atom is -0.309 e. The second kappa shape index (κ2) is 27.1. The average molecular weight is 1830 g/mol. The number of rotatable bonds is 9. The number of hydrogen-bond acceptors (Lipinski definition) is 7. The molecular formula is C128H67N9S3. The predicted molar refractivity (Wildman–Crippen MR) is 594 cm³/mol. The van der Waals surface area contributed by atoms with Gasteiger partial charge in [0.05, 0.1) is 100.0 Å². The number of nitrogens with zero attached hydrogens (tertiary/aromatic N) is 9. The Labute approximate surface area is 806 Å². The van der Waals surface area contributed by atoms with E-state index >= 15 is 0 Å². The Kier molecular flexibility index (Phi) is 14.4. The molecule has 642 valence electrons. The highest BCUT2D eigenvalue weighted by Gasteiger charge is 2.33. The average Bonchev–Trinajstić information content (AvgIpc) is 1.51. The summed E-state index contributed by atoms with van der Waals surface area (Å²) in [5.74, 6) is 1.37. The van der Waals surface area contributed by atoms with Gasteiger partial charge in [-0.2, -0.15) is 0 Å². The van der Waals surface area contributed by atoms with E-state index in [2.05, 4.69) is 429 Å². The summed E-state index contributed by atoms with van der Waals surface area (Å²) in [5.41, 5.74) is 30.0. The van der Waals surface area contributed by atoms with Gasteiger partial charge in [-0.25, -0.2) is 19.9 Å². The highest BCUT2D eigenvalue weighted by Crippen LogP contribution is 2.56. The van der Waals surface area contributed by atoms with Crippen LogP contribution in [0.5, 0.6) is 0 Å². The fraction of sp³-hybridized carbons (Fsp3) is 0. The lowest BCUT2D eigenvalue weighted by Crippen LogP contribution is -2.00. The van der Waals surface area contributed by atoms with E-state index < -0.39 is 0 Å². The molecule has 12 heterocycles. The van der Waals surface area contributed by atoms with Gasteiger partial charge in [0.1, 0.15) is 0 Å². The molecule has 0 radical (unpaired) electrons. The van der Waals surface area contributed by atoms with Crippen molar-refractivity contribution < 1.29 is 0 Å². The smallest absolute Gasteiger partial charge is 0.161 e. The quantitative estimate of drug-likeness (QED) is 0.135. The van der Waals surface area contributed by atoms with Crippen molar-refractivity contribution in [2.24, 2.45) is 0 Å². The third kappa shape index (κ3) is 9.77. The Morgan fingerprint density at radius 3 is 1.34 bits per heavy atom. The molecule has 0 saturated heterocycles. The molecule has 0 atom stereocenters. The molecule has 140 heavy (non-hydrogen) atoms. The molecule has 0 fully saturated rings. The first-order valence-electron chi connectivity index (χ1n) is 47.8.